The molecule has 0 spiro atoms. The number of benzene rings is 1. The number of carbonyl (C=O) groups is 4. The van der Waals surface area contributed by atoms with Crippen LogP contribution in [0.3, 0.4) is 0 Å². The highest BCUT2D eigenvalue weighted by atomic mass is 16.5. The summed E-state index contributed by atoms with van der Waals surface area (Å²) in [6, 6.07) is 8.87. The molecular weight excluding hydrogens is 438 g/mol. The molecule has 1 aromatic heterocycles. The van der Waals surface area contributed by atoms with E-state index in [2.05, 4.69) is 21.0 Å². The van der Waals surface area contributed by atoms with Crippen molar-refractivity contribution in [1.82, 2.24) is 15.1 Å². The van der Waals surface area contributed by atoms with E-state index in [1.54, 1.807) is 11.0 Å². The summed E-state index contributed by atoms with van der Waals surface area (Å²) in [6.07, 6.45) is 2.58. The Morgan fingerprint density at radius 1 is 1.12 bits per heavy atom. The van der Waals surface area contributed by atoms with Crippen LogP contribution in [0.4, 0.5) is 0 Å². The molecule has 178 valence electrons. The third-order valence-electron chi connectivity index (χ3n) is 7.03. The Bertz CT molecular complexity index is 1150. The average molecular weight is 466 g/mol. The maximum absolute atomic E-state index is 12.9. The van der Waals surface area contributed by atoms with Gasteiger partial charge in [-0.05, 0) is 67.6 Å². The number of furan rings is 1. The molecule has 0 bridgehead atoms. The predicted octanol–water partition coefficient (Wildman–Crippen LogP) is 2.21. The number of imide groups is 1. The van der Waals surface area contributed by atoms with Crippen molar-refractivity contribution in [2.75, 3.05) is 20.2 Å². The van der Waals surface area contributed by atoms with E-state index in [0.717, 1.165) is 37.3 Å². The summed E-state index contributed by atoms with van der Waals surface area (Å²) in [6.45, 7) is 2.84. The van der Waals surface area contributed by atoms with E-state index in [1.807, 2.05) is 18.2 Å². The molecule has 3 amide bonds. The number of fused-ring (bicyclic) bond motifs is 1. The molecule has 5 rings (SSSR count). The van der Waals surface area contributed by atoms with E-state index in [-0.39, 0.29) is 29.9 Å². The standard InChI is InChI=1S/C25H27N3O6/c1-33-25(32)21-6-3-18(34-21)14-27-10-8-15(9-11-27)16-2-4-19-17(12-16)13-28(24(19)31)20-5-7-22(29)26-23(20)30/h2-4,6,12,15,20H,5,7-11,13-14H2,1H3,(H,26,29,30). The summed E-state index contributed by atoms with van der Waals surface area (Å²) < 4.78 is 10.3. The maximum Gasteiger partial charge on any atom is 0.373 e. The Labute approximate surface area is 197 Å². The van der Waals surface area contributed by atoms with Crippen LogP contribution in [-0.4, -0.2) is 59.7 Å². The van der Waals surface area contributed by atoms with Gasteiger partial charge in [-0.2, -0.15) is 0 Å². The van der Waals surface area contributed by atoms with Crippen molar-refractivity contribution in [3.8, 4) is 0 Å². The van der Waals surface area contributed by atoms with Gasteiger partial charge in [-0.1, -0.05) is 12.1 Å². The van der Waals surface area contributed by atoms with Crippen molar-refractivity contribution >= 4 is 23.7 Å². The lowest BCUT2D eigenvalue weighted by Crippen LogP contribution is -2.52. The van der Waals surface area contributed by atoms with E-state index in [9.17, 15) is 19.2 Å². The van der Waals surface area contributed by atoms with Crippen LogP contribution in [0, 0.1) is 0 Å². The van der Waals surface area contributed by atoms with Gasteiger partial charge in [0, 0.05) is 18.5 Å². The van der Waals surface area contributed by atoms with Crippen LogP contribution in [-0.2, 0) is 27.4 Å². The Balaban J connectivity index is 1.20. The van der Waals surface area contributed by atoms with Gasteiger partial charge in [-0.15, -0.1) is 0 Å². The van der Waals surface area contributed by atoms with Crippen LogP contribution in [0.25, 0.3) is 0 Å². The zero-order valence-electron chi connectivity index (χ0n) is 19.0. The number of hydrogen-bond donors (Lipinski definition) is 1. The van der Waals surface area contributed by atoms with Crippen molar-refractivity contribution in [2.24, 2.45) is 0 Å². The van der Waals surface area contributed by atoms with Gasteiger partial charge in [0.25, 0.3) is 5.91 Å². The third kappa shape index (κ3) is 4.23. The van der Waals surface area contributed by atoms with Gasteiger partial charge in [0.2, 0.25) is 17.6 Å². The minimum absolute atomic E-state index is 0.143. The highest BCUT2D eigenvalue weighted by molar-refractivity contribution is 6.05. The van der Waals surface area contributed by atoms with E-state index in [0.29, 0.717) is 31.0 Å². The number of likely N-dealkylation sites (tertiary alicyclic amines) is 1. The second-order valence-electron chi connectivity index (χ2n) is 9.12. The molecule has 0 radical (unpaired) electrons. The summed E-state index contributed by atoms with van der Waals surface area (Å²) in [5, 5.41) is 2.34. The number of amides is 3. The molecule has 4 heterocycles. The van der Waals surface area contributed by atoms with Crippen molar-refractivity contribution in [3.05, 3.63) is 58.5 Å². The smallest absolute Gasteiger partial charge is 0.373 e. The fraction of sp³-hybridized carbons (Fsp3) is 0.440. The van der Waals surface area contributed by atoms with Crippen LogP contribution in [0.1, 0.15) is 69.4 Å². The van der Waals surface area contributed by atoms with Gasteiger partial charge in [0.1, 0.15) is 11.8 Å². The normalized spacial score (nSPS) is 21.5. The number of piperidine rings is 2. The second kappa shape index (κ2) is 9.06. The molecule has 1 atom stereocenters. The number of methoxy groups -OCH3 is 1. The lowest BCUT2D eigenvalue weighted by molar-refractivity contribution is -0.136. The zero-order chi connectivity index (χ0) is 23.8. The SMILES string of the molecule is COC(=O)c1ccc(CN2CCC(c3ccc4c(c3)CN(C3CCC(=O)NC3=O)C4=O)CC2)o1. The average Bonchev–Trinajstić information content (AvgIpc) is 3.43. The van der Waals surface area contributed by atoms with Crippen LogP contribution < -0.4 is 5.32 Å². The van der Waals surface area contributed by atoms with Crippen molar-refractivity contribution in [1.29, 1.82) is 0 Å². The van der Waals surface area contributed by atoms with Gasteiger partial charge < -0.3 is 14.1 Å². The van der Waals surface area contributed by atoms with Gasteiger partial charge in [-0.3, -0.25) is 24.6 Å². The minimum Gasteiger partial charge on any atom is -0.463 e. The molecule has 2 saturated heterocycles. The first kappa shape index (κ1) is 22.3. The number of nitrogens with zero attached hydrogens (tertiary/aromatic N) is 2. The van der Waals surface area contributed by atoms with E-state index < -0.39 is 12.0 Å². The largest absolute Gasteiger partial charge is 0.463 e. The third-order valence-corrected chi connectivity index (χ3v) is 7.03. The van der Waals surface area contributed by atoms with E-state index in [1.165, 1.54) is 12.7 Å². The highest BCUT2D eigenvalue weighted by Gasteiger charge is 2.39. The summed E-state index contributed by atoms with van der Waals surface area (Å²) in [7, 11) is 1.33. The Hall–Kier alpha value is -3.46. The number of nitrogens with one attached hydrogen (secondary N) is 1. The monoisotopic (exact) mass is 465 g/mol. The topological polar surface area (TPSA) is 109 Å². The minimum atomic E-state index is -0.592. The molecule has 3 aliphatic rings. The molecule has 1 unspecified atom stereocenters. The Kier molecular flexibility index (Phi) is 5.95. The first-order chi connectivity index (χ1) is 16.4. The molecule has 2 aromatic rings. The molecule has 9 nitrogen and oxygen atoms in total. The number of esters is 1. The van der Waals surface area contributed by atoms with Gasteiger partial charge >= 0.3 is 5.97 Å². The highest BCUT2D eigenvalue weighted by Crippen LogP contribution is 2.34. The second-order valence-corrected chi connectivity index (χ2v) is 9.12. The number of hydrogen-bond acceptors (Lipinski definition) is 7. The van der Waals surface area contributed by atoms with Gasteiger partial charge in [-0.25, -0.2) is 4.79 Å². The van der Waals surface area contributed by atoms with E-state index in [4.69, 9.17) is 4.42 Å². The van der Waals surface area contributed by atoms with E-state index >= 15 is 0 Å². The number of ether oxygens (including phenoxy) is 1. The van der Waals surface area contributed by atoms with Crippen LogP contribution in [0.15, 0.2) is 34.7 Å². The molecule has 0 aliphatic carbocycles. The summed E-state index contributed by atoms with van der Waals surface area (Å²) >= 11 is 0. The van der Waals surface area contributed by atoms with Crippen molar-refractivity contribution in [2.45, 2.75) is 50.7 Å². The summed E-state index contributed by atoms with van der Waals surface area (Å²) in [5.41, 5.74) is 2.80. The predicted molar refractivity (Wildman–Crippen MR) is 120 cm³/mol. The Morgan fingerprint density at radius 2 is 1.91 bits per heavy atom. The molecule has 1 N–H and O–H groups in total. The lowest BCUT2D eigenvalue weighted by Gasteiger charge is -2.31. The molecule has 1 aromatic carbocycles. The quantitative estimate of drug-likeness (QED) is 0.533. The molecular formula is C25H27N3O6. The summed E-state index contributed by atoms with van der Waals surface area (Å²) in [5.74, 6) is 0.0560. The Morgan fingerprint density at radius 3 is 2.65 bits per heavy atom. The number of carbonyl (C=O) groups excluding carboxylic acids is 4. The van der Waals surface area contributed by atoms with Crippen LogP contribution in [0.5, 0.6) is 0 Å². The van der Waals surface area contributed by atoms with Crippen molar-refractivity contribution < 1.29 is 28.3 Å². The molecule has 34 heavy (non-hydrogen) atoms. The molecule has 0 saturated carbocycles. The van der Waals surface area contributed by atoms with Crippen LogP contribution >= 0.6 is 0 Å². The first-order valence-electron chi connectivity index (χ1n) is 11.6. The zero-order valence-corrected chi connectivity index (χ0v) is 19.0. The molecule has 9 heteroatoms. The number of rotatable bonds is 5. The first-order valence-corrected chi connectivity index (χ1v) is 11.6. The lowest BCUT2D eigenvalue weighted by atomic mass is 9.88. The fourth-order valence-corrected chi connectivity index (χ4v) is 5.17. The summed E-state index contributed by atoms with van der Waals surface area (Å²) in [4.78, 5) is 52.1. The van der Waals surface area contributed by atoms with Gasteiger partial charge in [0.05, 0.1) is 13.7 Å². The molecule has 3 aliphatic heterocycles. The van der Waals surface area contributed by atoms with Crippen molar-refractivity contribution in [3.63, 3.8) is 0 Å². The van der Waals surface area contributed by atoms with Gasteiger partial charge in [0.15, 0.2) is 0 Å². The molecule has 2 fully saturated rings. The fourth-order valence-electron chi connectivity index (χ4n) is 5.17. The maximum atomic E-state index is 12.9. The van der Waals surface area contributed by atoms with Crippen LogP contribution in [0.2, 0.25) is 0 Å².